The molecule has 0 radical (unpaired) electrons. The standard InChI is InChI=1S/C19H20N2O5/c1-4-25-18-9-13-8-11(2)26-17(13)10-15(18)20-19(22)14-6-5-7-16(12(14)3)21(23)24/h5-7,9-11H,4,8H2,1-3H3,(H,20,22). The van der Waals surface area contributed by atoms with Gasteiger partial charge in [-0.3, -0.25) is 14.9 Å². The molecule has 7 nitrogen and oxygen atoms in total. The van der Waals surface area contributed by atoms with E-state index in [4.69, 9.17) is 9.47 Å². The van der Waals surface area contributed by atoms with E-state index in [0.29, 0.717) is 29.4 Å². The van der Waals surface area contributed by atoms with Gasteiger partial charge < -0.3 is 14.8 Å². The summed E-state index contributed by atoms with van der Waals surface area (Å²) in [5.74, 6) is 0.838. The molecule has 1 atom stereocenters. The maximum absolute atomic E-state index is 12.7. The van der Waals surface area contributed by atoms with Crippen LogP contribution in [0.3, 0.4) is 0 Å². The molecule has 2 aromatic rings. The van der Waals surface area contributed by atoms with Crippen LogP contribution in [0.25, 0.3) is 0 Å². The number of amides is 1. The molecule has 26 heavy (non-hydrogen) atoms. The predicted octanol–water partition coefficient (Wildman–Crippen LogP) is 3.88. The van der Waals surface area contributed by atoms with Crippen LogP contribution < -0.4 is 14.8 Å². The minimum atomic E-state index is -0.498. The van der Waals surface area contributed by atoms with Crippen LogP contribution in [0.15, 0.2) is 30.3 Å². The van der Waals surface area contributed by atoms with Crippen molar-refractivity contribution < 1.29 is 19.2 Å². The molecule has 0 saturated heterocycles. The molecule has 0 bridgehead atoms. The summed E-state index contributed by atoms with van der Waals surface area (Å²) >= 11 is 0. The zero-order valence-corrected chi connectivity index (χ0v) is 14.9. The number of ether oxygens (including phenoxy) is 2. The minimum Gasteiger partial charge on any atom is -0.492 e. The molecule has 0 saturated carbocycles. The first kappa shape index (κ1) is 17.7. The van der Waals surface area contributed by atoms with Crippen molar-refractivity contribution in [2.45, 2.75) is 33.3 Å². The third kappa shape index (κ3) is 3.33. The van der Waals surface area contributed by atoms with Gasteiger partial charge in [0.05, 0.1) is 17.2 Å². The van der Waals surface area contributed by atoms with Crippen molar-refractivity contribution in [3.05, 3.63) is 57.1 Å². The number of carbonyl (C=O) groups is 1. The van der Waals surface area contributed by atoms with Gasteiger partial charge in [-0.2, -0.15) is 0 Å². The van der Waals surface area contributed by atoms with E-state index in [1.165, 1.54) is 12.1 Å². The Balaban J connectivity index is 1.94. The third-order valence-electron chi connectivity index (χ3n) is 4.29. The highest BCUT2D eigenvalue weighted by atomic mass is 16.6. The zero-order valence-electron chi connectivity index (χ0n) is 14.9. The number of rotatable bonds is 5. The Morgan fingerprint density at radius 3 is 2.88 bits per heavy atom. The summed E-state index contributed by atoms with van der Waals surface area (Å²) in [6.45, 7) is 5.85. The van der Waals surface area contributed by atoms with E-state index in [0.717, 1.165) is 12.0 Å². The van der Waals surface area contributed by atoms with Crippen LogP contribution in [-0.2, 0) is 6.42 Å². The summed E-state index contributed by atoms with van der Waals surface area (Å²) < 4.78 is 11.4. The molecule has 1 heterocycles. The van der Waals surface area contributed by atoms with Crippen molar-refractivity contribution in [3.63, 3.8) is 0 Å². The molecule has 1 unspecified atom stereocenters. The quantitative estimate of drug-likeness (QED) is 0.648. The number of anilines is 1. The van der Waals surface area contributed by atoms with Crippen molar-refractivity contribution in [3.8, 4) is 11.5 Å². The number of nitrogens with one attached hydrogen (secondary N) is 1. The minimum absolute atomic E-state index is 0.0736. The van der Waals surface area contributed by atoms with Crippen molar-refractivity contribution in [1.82, 2.24) is 0 Å². The summed E-state index contributed by atoms with van der Waals surface area (Å²) in [7, 11) is 0. The number of nitro benzene ring substituents is 1. The zero-order chi connectivity index (χ0) is 18.8. The summed E-state index contributed by atoms with van der Waals surface area (Å²) in [5, 5.41) is 13.9. The highest BCUT2D eigenvalue weighted by Crippen LogP contribution is 2.38. The fourth-order valence-electron chi connectivity index (χ4n) is 3.07. The molecule has 2 aromatic carbocycles. The van der Waals surface area contributed by atoms with Crippen molar-refractivity contribution in [2.75, 3.05) is 11.9 Å². The van der Waals surface area contributed by atoms with E-state index in [-0.39, 0.29) is 17.4 Å². The highest BCUT2D eigenvalue weighted by Gasteiger charge is 2.24. The predicted molar refractivity (Wildman–Crippen MR) is 97.2 cm³/mol. The smallest absolute Gasteiger partial charge is 0.273 e. The van der Waals surface area contributed by atoms with Crippen LogP contribution >= 0.6 is 0 Å². The normalized spacial score (nSPS) is 15.1. The molecular weight excluding hydrogens is 336 g/mol. The van der Waals surface area contributed by atoms with Gasteiger partial charge in [-0.15, -0.1) is 0 Å². The third-order valence-corrected chi connectivity index (χ3v) is 4.29. The molecule has 0 spiro atoms. The van der Waals surface area contributed by atoms with Gasteiger partial charge in [0, 0.05) is 35.2 Å². The van der Waals surface area contributed by atoms with E-state index in [1.54, 1.807) is 19.1 Å². The Hall–Kier alpha value is -3.09. The summed E-state index contributed by atoms with van der Waals surface area (Å²) in [6.07, 6.45) is 0.859. The SMILES string of the molecule is CCOc1cc2c(cc1NC(=O)c1cccc([N+](=O)[O-])c1C)OC(C)C2. The van der Waals surface area contributed by atoms with E-state index in [1.807, 2.05) is 19.9 Å². The molecule has 1 aliphatic rings. The second kappa shape index (κ2) is 7.03. The molecule has 1 aliphatic heterocycles. The highest BCUT2D eigenvalue weighted by molar-refractivity contribution is 6.06. The molecule has 1 N–H and O–H groups in total. The van der Waals surface area contributed by atoms with E-state index in [2.05, 4.69) is 5.32 Å². The molecule has 7 heteroatoms. The fourth-order valence-corrected chi connectivity index (χ4v) is 3.07. The number of nitrogens with zero attached hydrogens (tertiary/aromatic N) is 1. The van der Waals surface area contributed by atoms with Crippen molar-refractivity contribution in [1.29, 1.82) is 0 Å². The van der Waals surface area contributed by atoms with Crippen LogP contribution in [0.4, 0.5) is 11.4 Å². The van der Waals surface area contributed by atoms with Crippen LogP contribution in [0.1, 0.15) is 35.3 Å². The number of benzene rings is 2. The van der Waals surface area contributed by atoms with Crippen LogP contribution in [0.2, 0.25) is 0 Å². The fraction of sp³-hybridized carbons (Fsp3) is 0.316. The van der Waals surface area contributed by atoms with Crippen molar-refractivity contribution in [2.24, 2.45) is 0 Å². The summed E-state index contributed by atoms with van der Waals surface area (Å²) in [4.78, 5) is 23.3. The lowest BCUT2D eigenvalue weighted by Gasteiger charge is -2.14. The van der Waals surface area contributed by atoms with Gasteiger partial charge in [0.15, 0.2) is 0 Å². The molecular formula is C19H20N2O5. The Bertz CT molecular complexity index is 878. The number of hydrogen-bond donors (Lipinski definition) is 1. The van der Waals surface area contributed by atoms with Crippen LogP contribution in [-0.4, -0.2) is 23.5 Å². The van der Waals surface area contributed by atoms with Gasteiger partial charge in [0.1, 0.15) is 17.6 Å². The van der Waals surface area contributed by atoms with E-state index >= 15 is 0 Å². The van der Waals surface area contributed by atoms with Gasteiger partial charge >= 0.3 is 0 Å². The Morgan fingerprint density at radius 2 is 2.19 bits per heavy atom. The molecule has 1 amide bonds. The van der Waals surface area contributed by atoms with Gasteiger partial charge in [0.25, 0.3) is 11.6 Å². The van der Waals surface area contributed by atoms with Gasteiger partial charge in [-0.05, 0) is 32.9 Å². The largest absolute Gasteiger partial charge is 0.492 e. The van der Waals surface area contributed by atoms with Gasteiger partial charge in [-0.1, -0.05) is 6.07 Å². The molecule has 0 fully saturated rings. The van der Waals surface area contributed by atoms with Crippen LogP contribution in [0.5, 0.6) is 11.5 Å². The molecule has 3 rings (SSSR count). The second-order valence-electron chi connectivity index (χ2n) is 6.18. The van der Waals surface area contributed by atoms with E-state index < -0.39 is 10.8 Å². The summed E-state index contributed by atoms with van der Waals surface area (Å²) in [5.41, 5.74) is 1.99. The first-order chi connectivity index (χ1) is 12.4. The van der Waals surface area contributed by atoms with Crippen molar-refractivity contribution >= 4 is 17.3 Å². The van der Waals surface area contributed by atoms with E-state index in [9.17, 15) is 14.9 Å². The maximum atomic E-state index is 12.7. The number of fused-ring (bicyclic) bond motifs is 1. The monoisotopic (exact) mass is 356 g/mol. The van der Waals surface area contributed by atoms with Gasteiger partial charge in [-0.25, -0.2) is 0 Å². The Labute approximate surface area is 151 Å². The van der Waals surface area contributed by atoms with Gasteiger partial charge in [0.2, 0.25) is 0 Å². The number of carbonyl (C=O) groups excluding carboxylic acids is 1. The lowest BCUT2D eigenvalue weighted by Crippen LogP contribution is -2.15. The Morgan fingerprint density at radius 1 is 1.42 bits per heavy atom. The first-order valence-corrected chi connectivity index (χ1v) is 8.42. The second-order valence-corrected chi connectivity index (χ2v) is 6.18. The summed E-state index contributed by atoms with van der Waals surface area (Å²) in [6, 6.07) is 8.05. The van der Waals surface area contributed by atoms with Crippen LogP contribution in [0, 0.1) is 17.0 Å². The molecule has 0 aromatic heterocycles. The topological polar surface area (TPSA) is 90.7 Å². The Kier molecular flexibility index (Phi) is 4.79. The molecule has 0 aliphatic carbocycles. The lowest BCUT2D eigenvalue weighted by atomic mass is 10.1. The lowest BCUT2D eigenvalue weighted by molar-refractivity contribution is -0.385. The number of hydrogen-bond acceptors (Lipinski definition) is 5. The number of nitro groups is 1. The average Bonchev–Trinajstić information content (AvgIpc) is 2.94. The maximum Gasteiger partial charge on any atom is 0.273 e. The molecule has 136 valence electrons. The first-order valence-electron chi connectivity index (χ1n) is 8.42. The average molecular weight is 356 g/mol.